The van der Waals surface area contributed by atoms with E-state index in [-0.39, 0.29) is 5.38 Å². The van der Waals surface area contributed by atoms with Crippen molar-refractivity contribution in [2.45, 2.75) is 57.4 Å². The molecule has 1 atom stereocenters. The summed E-state index contributed by atoms with van der Waals surface area (Å²) in [5.74, 6) is 1.79. The van der Waals surface area contributed by atoms with Gasteiger partial charge in [0.2, 0.25) is 0 Å². The van der Waals surface area contributed by atoms with Crippen LogP contribution in [0.4, 0.5) is 0 Å². The Bertz CT molecular complexity index is 628. The number of rotatable bonds is 3. The number of fused-ring (bicyclic) bond motifs is 1. The Kier molecular flexibility index (Phi) is 4.41. The second-order valence-electron chi connectivity index (χ2n) is 6.04. The van der Waals surface area contributed by atoms with Gasteiger partial charge in [0.1, 0.15) is 11.3 Å². The average Bonchev–Trinajstić information content (AvgIpc) is 2.86. The van der Waals surface area contributed by atoms with Gasteiger partial charge in [-0.2, -0.15) is 0 Å². The first-order chi connectivity index (χ1) is 10.1. The van der Waals surface area contributed by atoms with Gasteiger partial charge in [0.25, 0.3) is 0 Å². The minimum atomic E-state index is -0.123. The molecule has 1 saturated carbocycles. The maximum atomic E-state index is 6.35. The van der Waals surface area contributed by atoms with Crippen LogP contribution in [0.2, 0.25) is 5.02 Å². The normalized spacial score (nSPS) is 24.4. The summed E-state index contributed by atoms with van der Waals surface area (Å²) < 4.78 is 2.26. The first kappa shape index (κ1) is 15.1. The van der Waals surface area contributed by atoms with Gasteiger partial charge in [-0.15, -0.1) is 11.6 Å². The van der Waals surface area contributed by atoms with Crippen LogP contribution in [0, 0.1) is 5.92 Å². The molecule has 1 unspecified atom stereocenters. The predicted molar refractivity (Wildman–Crippen MR) is 88.1 cm³/mol. The number of aromatic nitrogens is 3. The molecular weight excluding hydrogens is 305 g/mol. The fourth-order valence-electron chi connectivity index (χ4n) is 3.43. The van der Waals surface area contributed by atoms with Crippen LogP contribution >= 0.6 is 23.2 Å². The molecule has 3 nitrogen and oxygen atoms in total. The second kappa shape index (κ2) is 6.13. The molecule has 0 bridgehead atoms. The van der Waals surface area contributed by atoms with Gasteiger partial charge in [0, 0.05) is 12.2 Å². The summed E-state index contributed by atoms with van der Waals surface area (Å²) in [6, 6.07) is 2.34. The molecule has 21 heavy (non-hydrogen) atoms. The highest BCUT2D eigenvalue weighted by Gasteiger charge is 2.26. The summed E-state index contributed by atoms with van der Waals surface area (Å²) in [5.41, 5.74) is 1.77. The van der Waals surface area contributed by atoms with Crippen LogP contribution in [0.15, 0.2) is 12.3 Å². The number of alkyl halides is 1. The predicted octanol–water partition coefficient (Wildman–Crippen LogP) is 5.53. The maximum absolute atomic E-state index is 6.35. The van der Waals surface area contributed by atoms with E-state index in [4.69, 9.17) is 23.2 Å². The molecule has 1 fully saturated rings. The molecule has 0 N–H and O–H groups in total. The van der Waals surface area contributed by atoms with Crippen LogP contribution in [0.25, 0.3) is 11.2 Å². The third-order valence-electron chi connectivity index (χ3n) is 4.64. The average molecular weight is 326 g/mol. The molecule has 1 aliphatic rings. The molecule has 2 aromatic heterocycles. The summed E-state index contributed by atoms with van der Waals surface area (Å²) in [4.78, 5) is 9.18. The van der Waals surface area contributed by atoms with E-state index in [1.807, 2.05) is 13.0 Å². The van der Waals surface area contributed by atoms with Gasteiger partial charge in [-0.25, -0.2) is 9.97 Å². The Morgan fingerprint density at radius 2 is 2.05 bits per heavy atom. The summed E-state index contributed by atoms with van der Waals surface area (Å²) in [6.07, 6.45) is 7.91. The highest BCUT2D eigenvalue weighted by Crippen LogP contribution is 2.38. The molecule has 1 aliphatic carbocycles. The third kappa shape index (κ3) is 2.91. The molecular formula is C16H21Cl2N3. The van der Waals surface area contributed by atoms with Crippen LogP contribution in [0.3, 0.4) is 0 Å². The molecule has 0 saturated heterocycles. The number of pyridine rings is 1. The molecule has 0 spiro atoms. The van der Waals surface area contributed by atoms with Crippen molar-refractivity contribution >= 4 is 34.4 Å². The number of imidazole rings is 1. The zero-order valence-electron chi connectivity index (χ0n) is 12.5. The Morgan fingerprint density at radius 3 is 2.67 bits per heavy atom. The van der Waals surface area contributed by atoms with Gasteiger partial charge >= 0.3 is 0 Å². The molecule has 0 amide bonds. The van der Waals surface area contributed by atoms with Crippen LogP contribution in [-0.4, -0.2) is 14.5 Å². The summed E-state index contributed by atoms with van der Waals surface area (Å²) in [7, 11) is 0. The Balaban J connectivity index is 2.02. The van der Waals surface area contributed by atoms with Crippen molar-refractivity contribution in [2.24, 2.45) is 5.92 Å². The van der Waals surface area contributed by atoms with E-state index < -0.39 is 0 Å². The van der Waals surface area contributed by atoms with Gasteiger partial charge in [-0.05, 0) is 44.6 Å². The number of hydrogen-bond acceptors (Lipinski definition) is 2. The number of halogens is 2. The number of hydrogen-bond donors (Lipinski definition) is 0. The largest absolute Gasteiger partial charge is 0.308 e. The first-order valence-electron chi connectivity index (χ1n) is 7.77. The van der Waals surface area contributed by atoms with E-state index >= 15 is 0 Å². The van der Waals surface area contributed by atoms with Gasteiger partial charge in [-0.3, -0.25) is 0 Å². The van der Waals surface area contributed by atoms with Gasteiger partial charge in [-0.1, -0.05) is 24.9 Å². The Morgan fingerprint density at radius 1 is 1.33 bits per heavy atom. The summed E-state index contributed by atoms with van der Waals surface area (Å²) >= 11 is 12.4. The monoisotopic (exact) mass is 325 g/mol. The molecule has 0 aliphatic heterocycles. The van der Waals surface area contributed by atoms with Crippen molar-refractivity contribution < 1.29 is 0 Å². The standard InChI is InChI=1S/C16H21Cl2N3/c1-3-11-4-6-13(7-5-11)21-15(10(2)17)20-14-8-12(18)9-19-16(14)21/h8-11,13H,3-7H2,1-2H3. The molecule has 2 heterocycles. The van der Waals surface area contributed by atoms with Crippen molar-refractivity contribution in [2.75, 3.05) is 0 Å². The van der Waals surface area contributed by atoms with Gasteiger partial charge in [0.05, 0.1) is 10.4 Å². The van der Waals surface area contributed by atoms with E-state index in [0.29, 0.717) is 11.1 Å². The first-order valence-corrected chi connectivity index (χ1v) is 8.59. The second-order valence-corrected chi connectivity index (χ2v) is 7.13. The highest BCUT2D eigenvalue weighted by atomic mass is 35.5. The van der Waals surface area contributed by atoms with Crippen molar-refractivity contribution in [3.8, 4) is 0 Å². The molecule has 0 radical (unpaired) electrons. The van der Waals surface area contributed by atoms with E-state index in [1.54, 1.807) is 6.20 Å². The minimum Gasteiger partial charge on any atom is -0.308 e. The smallest absolute Gasteiger partial charge is 0.160 e. The van der Waals surface area contributed by atoms with Gasteiger partial charge < -0.3 is 4.57 Å². The molecule has 3 rings (SSSR count). The van der Waals surface area contributed by atoms with Crippen LogP contribution < -0.4 is 0 Å². The Labute approximate surface area is 135 Å². The lowest BCUT2D eigenvalue weighted by Crippen LogP contribution is -2.20. The van der Waals surface area contributed by atoms with Crippen LogP contribution in [-0.2, 0) is 0 Å². The molecule has 114 valence electrons. The lowest BCUT2D eigenvalue weighted by molar-refractivity contribution is 0.269. The van der Waals surface area contributed by atoms with E-state index in [2.05, 4.69) is 21.5 Å². The highest BCUT2D eigenvalue weighted by molar-refractivity contribution is 6.31. The molecule has 5 heteroatoms. The fourth-order valence-corrected chi connectivity index (χ4v) is 3.73. The van der Waals surface area contributed by atoms with Crippen LogP contribution in [0.1, 0.15) is 63.2 Å². The van der Waals surface area contributed by atoms with Crippen molar-refractivity contribution in [1.82, 2.24) is 14.5 Å². The van der Waals surface area contributed by atoms with Crippen molar-refractivity contribution in [1.29, 1.82) is 0 Å². The van der Waals surface area contributed by atoms with Gasteiger partial charge in [0.15, 0.2) is 5.65 Å². The minimum absolute atomic E-state index is 0.123. The SMILES string of the molecule is CCC1CCC(n2c(C(C)Cl)nc3cc(Cl)cnc32)CC1. The molecule has 0 aromatic carbocycles. The maximum Gasteiger partial charge on any atom is 0.160 e. The Hall–Kier alpha value is -0.800. The van der Waals surface area contributed by atoms with E-state index in [0.717, 1.165) is 22.9 Å². The molecule has 2 aromatic rings. The third-order valence-corrected chi connectivity index (χ3v) is 5.04. The zero-order valence-corrected chi connectivity index (χ0v) is 14.0. The van der Waals surface area contributed by atoms with E-state index in [9.17, 15) is 0 Å². The quantitative estimate of drug-likeness (QED) is 0.695. The number of nitrogens with zero attached hydrogens (tertiary/aromatic N) is 3. The fraction of sp³-hybridized carbons (Fsp3) is 0.625. The summed E-state index contributed by atoms with van der Waals surface area (Å²) in [6.45, 7) is 4.26. The lowest BCUT2D eigenvalue weighted by Gasteiger charge is -2.30. The van der Waals surface area contributed by atoms with E-state index in [1.165, 1.54) is 32.1 Å². The van der Waals surface area contributed by atoms with Crippen LogP contribution in [0.5, 0.6) is 0 Å². The topological polar surface area (TPSA) is 30.7 Å². The van der Waals surface area contributed by atoms with Crippen molar-refractivity contribution in [3.63, 3.8) is 0 Å². The summed E-state index contributed by atoms with van der Waals surface area (Å²) in [5, 5.41) is 0.498. The zero-order chi connectivity index (χ0) is 15.0. The lowest BCUT2D eigenvalue weighted by atomic mass is 9.84. The van der Waals surface area contributed by atoms with Crippen molar-refractivity contribution in [3.05, 3.63) is 23.1 Å².